The van der Waals surface area contributed by atoms with Crippen LogP contribution in [0.5, 0.6) is 5.75 Å². The monoisotopic (exact) mass is 445 g/mol. The standard InChI is InChI=1S/C28H22F3NO/c1-27(2)16-18-12-6-7-13-19(18)24-22(17-10-4-3-5-11-17)23-20-14-8-9-15-21(20)33-26(28(29,30)31)25(23)32(24)27/h3-15,26H,16H2,1-2H3. The second-order valence-electron chi connectivity index (χ2n) is 9.37. The van der Waals surface area contributed by atoms with E-state index in [0.717, 1.165) is 27.9 Å². The number of rotatable bonds is 1. The van der Waals surface area contributed by atoms with Gasteiger partial charge in [0, 0.05) is 27.8 Å². The lowest BCUT2D eigenvalue weighted by Crippen LogP contribution is -2.39. The van der Waals surface area contributed by atoms with E-state index >= 15 is 0 Å². The molecule has 166 valence electrons. The van der Waals surface area contributed by atoms with Gasteiger partial charge in [0.05, 0.1) is 11.4 Å². The van der Waals surface area contributed by atoms with Gasteiger partial charge in [-0.2, -0.15) is 13.2 Å². The van der Waals surface area contributed by atoms with Crippen LogP contribution in [0.4, 0.5) is 13.2 Å². The van der Waals surface area contributed by atoms with Crippen LogP contribution in [0.2, 0.25) is 0 Å². The molecule has 0 saturated carbocycles. The van der Waals surface area contributed by atoms with Crippen molar-refractivity contribution in [2.24, 2.45) is 0 Å². The van der Waals surface area contributed by atoms with Crippen molar-refractivity contribution in [1.29, 1.82) is 0 Å². The zero-order valence-electron chi connectivity index (χ0n) is 18.3. The van der Waals surface area contributed by atoms with E-state index in [-0.39, 0.29) is 11.4 Å². The van der Waals surface area contributed by atoms with Crippen molar-refractivity contribution < 1.29 is 17.9 Å². The number of aromatic nitrogens is 1. The fraction of sp³-hybridized carbons (Fsp3) is 0.214. The van der Waals surface area contributed by atoms with E-state index < -0.39 is 17.8 Å². The quantitative estimate of drug-likeness (QED) is 0.292. The van der Waals surface area contributed by atoms with Crippen LogP contribution in [0, 0.1) is 0 Å². The van der Waals surface area contributed by atoms with Crippen molar-refractivity contribution in [2.75, 3.05) is 0 Å². The van der Waals surface area contributed by atoms with Crippen LogP contribution in [0.1, 0.15) is 31.2 Å². The second kappa shape index (κ2) is 6.77. The molecule has 2 nitrogen and oxygen atoms in total. The summed E-state index contributed by atoms with van der Waals surface area (Å²) < 4.78 is 51.1. The molecule has 0 spiro atoms. The van der Waals surface area contributed by atoms with Gasteiger partial charge in [0.1, 0.15) is 5.75 Å². The number of nitrogens with zero attached hydrogens (tertiary/aromatic N) is 1. The summed E-state index contributed by atoms with van der Waals surface area (Å²) in [6.07, 6.45) is -5.96. The van der Waals surface area contributed by atoms with Gasteiger partial charge >= 0.3 is 6.18 Å². The summed E-state index contributed by atoms with van der Waals surface area (Å²) in [5.41, 5.74) is 5.60. The third-order valence-electron chi connectivity index (χ3n) is 6.72. The summed E-state index contributed by atoms with van der Waals surface area (Å²) in [4.78, 5) is 0. The van der Waals surface area contributed by atoms with Crippen molar-refractivity contribution in [3.63, 3.8) is 0 Å². The Bertz CT molecular complexity index is 1380. The lowest BCUT2D eigenvalue weighted by Gasteiger charge is -2.39. The SMILES string of the molecule is CC1(C)Cc2ccccc2-c2c(-c3ccccc3)c3c(n21)C(C(F)(F)F)Oc1ccccc1-3. The van der Waals surface area contributed by atoms with Crippen LogP contribution in [-0.4, -0.2) is 10.7 Å². The molecule has 1 atom stereocenters. The maximum absolute atomic E-state index is 14.5. The lowest BCUT2D eigenvalue weighted by atomic mass is 9.84. The minimum Gasteiger partial charge on any atom is -0.474 e. The van der Waals surface area contributed by atoms with Crippen molar-refractivity contribution in [3.8, 4) is 39.3 Å². The molecule has 0 fully saturated rings. The van der Waals surface area contributed by atoms with Gasteiger partial charge in [-0.15, -0.1) is 0 Å². The van der Waals surface area contributed by atoms with Crippen molar-refractivity contribution >= 4 is 0 Å². The van der Waals surface area contributed by atoms with Gasteiger partial charge in [0.25, 0.3) is 0 Å². The molecule has 0 saturated heterocycles. The van der Waals surface area contributed by atoms with E-state index in [4.69, 9.17) is 4.74 Å². The van der Waals surface area contributed by atoms with Gasteiger partial charge in [-0.25, -0.2) is 0 Å². The Labute approximate surface area is 190 Å². The minimum absolute atomic E-state index is 0.189. The Morgan fingerprint density at radius 2 is 1.45 bits per heavy atom. The average Bonchev–Trinajstić information content (AvgIpc) is 3.16. The van der Waals surface area contributed by atoms with Crippen molar-refractivity contribution in [1.82, 2.24) is 4.57 Å². The molecule has 3 aromatic carbocycles. The largest absolute Gasteiger partial charge is 0.474 e. The van der Waals surface area contributed by atoms with Gasteiger partial charge < -0.3 is 9.30 Å². The van der Waals surface area contributed by atoms with Gasteiger partial charge in [-0.3, -0.25) is 0 Å². The maximum Gasteiger partial charge on any atom is 0.431 e. The van der Waals surface area contributed by atoms with E-state index in [1.54, 1.807) is 12.1 Å². The highest BCUT2D eigenvalue weighted by atomic mass is 19.4. The molecule has 6 rings (SSSR count). The molecule has 0 bridgehead atoms. The minimum atomic E-state index is -4.56. The van der Waals surface area contributed by atoms with E-state index in [0.29, 0.717) is 17.5 Å². The first-order valence-electron chi connectivity index (χ1n) is 11.0. The highest BCUT2D eigenvalue weighted by Gasteiger charge is 2.52. The highest BCUT2D eigenvalue weighted by Crippen LogP contribution is 2.58. The lowest BCUT2D eigenvalue weighted by molar-refractivity contribution is -0.200. The van der Waals surface area contributed by atoms with Crippen LogP contribution >= 0.6 is 0 Å². The summed E-state index contributed by atoms with van der Waals surface area (Å²) in [6, 6.07) is 24.8. The third kappa shape index (κ3) is 2.88. The Morgan fingerprint density at radius 3 is 2.18 bits per heavy atom. The number of para-hydroxylation sites is 1. The molecule has 0 N–H and O–H groups in total. The molecular formula is C28H22F3NO. The summed E-state index contributed by atoms with van der Waals surface area (Å²) in [6.45, 7) is 4.02. The van der Waals surface area contributed by atoms with Crippen LogP contribution in [0.3, 0.4) is 0 Å². The first kappa shape index (κ1) is 20.2. The zero-order valence-corrected chi connectivity index (χ0v) is 18.3. The normalized spacial score (nSPS) is 17.9. The van der Waals surface area contributed by atoms with Crippen molar-refractivity contribution in [2.45, 2.75) is 38.1 Å². The Kier molecular flexibility index (Phi) is 4.13. The molecule has 0 aliphatic carbocycles. The fourth-order valence-electron chi connectivity index (χ4n) is 5.51. The van der Waals surface area contributed by atoms with Gasteiger partial charge in [-0.1, -0.05) is 72.8 Å². The average molecular weight is 445 g/mol. The number of hydrogen-bond donors (Lipinski definition) is 0. The number of benzene rings is 3. The van der Waals surface area contributed by atoms with Crippen molar-refractivity contribution in [3.05, 3.63) is 90.1 Å². The zero-order chi connectivity index (χ0) is 23.0. The van der Waals surface area contributed by atoms with Gasteiger partial charge in [-0.05, 0) is 37.5 Å². The third-order valence-corrected chi connectivity index (χ3v) is 6.72. The smallest absolute Gasteiger partial charge is 0.431 e. The van der Waals surface area contributed by atoms with Gasteiger partial charge in [0.2, 0.25) is 6.10 Å². The number of ether oxygens (including phenoxy) is 1. The molecule has 33 heavy (non-hydrogen) atoms. The Morgan fingerprint density at radius 1 is 0.818 bits per heavy atom. The van der Waals surface area contributed by atoms with Gasteiger partial charge in [0.15, 0.2) is 0 Å². The molecule has 1 aromatic heterocycles. The summed E-state index contributed by atoms with van der Waals surface area (Å²) in [5.74, 6) is 0.263. The fourth-order valence-corrected chi connectivity index (χ4v) is 5.51. The molecule has 5 heteroatoms. The number of halogens is 3. The second-order valence-corrected chi connectivity index (χ2v) is 9.37. The summed E-state index contributed by atoms with van der Waals surface area (Å²) >= 11 is 0. The molecule has 0 amide bonds. The van der Waals surface area contributed by atoms with E-state index in [2.05, 4.69) is 6.07 Å². The first-order chi connectivity index (χ1) is 15.8. The molecule has 2 aliphatic heterocycles. The predicted octanol–water partition coefficient (Wildman–Crippen LogP) is 7.78. The van der Waals surface area contributed by atoms with E-state index in [9.17, 15) is 13.2 Å². The summed E-state index contributed by atoms with van der Waals surface area (Å²) in [7, 11) is 0. The van der Waals surface area contributed by atoms with E-state index in [1.807, 2.05) is 79.1 Å². The summed E-state index contributed by atoms with van der Waals surface area (Å²) in [5, 5.41) is 0. The van der Waals surface area contributed by atoms with E-state index in [1.165, 1.54) is 0 Å². The number of fused-ring (bicyclic) bond motifs is 7. The van der Waals surface area contributed by atoms with Crippen LogP contribution in [0.25, 0.3) is 33.5 Å². The highest BCUT2D eigenvalue weighted by molar-refractivity contribution is 5.99. The Hall–Kier alpha value is -3.47. The molecule has 3 heterocycles. The molecule has 1 unspecified atom stereocenters. The van der Waals surface area contributed by atoms with Crippen LogP contribution in [-0.2, 0) is 12.0 Å². The molecule has 4 aromatic rings. The van der Waals surface area contributed by atoms with Crippen LogP contribution in [0.15, 0.2) is 78.9 Å². The molecule has 2 aliphatic rings. The molecule has 0 radical (unpaired) electrons. The predicted molar refractivity (Wildman–Crippen MR) is 123 cm³/mol. The number of hydrogen-bond acceptors (Lipinski definition) is 1. The number of alkyl halides is 3. The maximum atomic E-state index is 14.5. The topological polar surface area (TPSA) is 14.2 Å². The Balaban J connectivity index is 1.84. The first-order valence-corrected chi connectivity index (χ1v) is 11.0. The van der Waals surface area contributed by atoms with Crippen LogP contribution < -0.4 is 4.74 Å². The molecular weight excluding hydrogens is 423 g/mol.